The Morgan fingerprint density at radius 2 is 1.86 bits per heavy atom. The van der Waals surface area contributed by atoms with Gasteiger partial charge in [0.1, 0.15) is 13.2 Å². The molecule has 0 saturated heterocycles. The largest absolute Gasteiger partial charge is 0.459 e. The summed E-state index contributed by atoms with van der Waals surface area (Å²) in [6.45, 7) is 0.177. The first kappa shape index (κ1) is 18.8. The maximum atomic E-state index is 12.8. The Kier molecular flexibility index (Phi) is 5.35. The summed E-state index contributed by atoms with van der Waals surface area (Å²) in [5.74, 6) is -0.315. The van der Waals surface area contributed by atoms with Crippen molar-refractivity contribution in [2.24, 2.45) is 0 Å². The molecule has 3 heterocycles. The molecule has 2 aliphatic rings. The molecule has 7 nitrogen and oxygen atoms in total. The van der Waals surface area contributed by atoms with E-state index in [0.29, 0.717) is 0 Å². The smallest absolute Gasteiger partial charge is 0.352 e. The predicted octanol–water partition coefficient (Wildman–Crippen LogP) is 2.36. The van der Waals surface area contributed by atoms with Gasteiger partial charge in [-0.1, -0.05) is 36.4 Å². The molecule has 0 radical (unpaired) electrons. The van der Waals surface area contributed by atoms with Gasteiger partial charge in [-0.15, -0.1) is 11.3 Å². The number of pyridine rings is 1. The predicted molar refractivity (Wildman–Crippen MR) is 109 cm³/mol. The first-order valence-corrected chi connectivity index (χ1v) is 9.82. The lowest BCUT2D eigenvalue weighted by Crippen LogP contribution is -2.38. The van der Waals surface area contributed by atoms with E-state index in [4.69, 9.17) is 4.74 Å². The number of thiophene rings is 1. The van der Waals surface area contributed by atoms with E-state index in [0.717, 1.165) is 15.0 Å². The lowest BCUT2D eigenvalue weighted by atomic mass is 10.2. The Morgan fingerprint density at radius 1 is 1.03 bits per heavy atom. The molecule has 0 amide bonds. The quantitative estimate of drug-likeness (QED) is 0.458. The van der Waals surface area contributed by atoms with Crippen LogP contribution in [0.5, 0.6) is 0 Å². The first-order valence-electron chi connectivity index (χ1n) is 8.94. The fraction of sp³-hybridized carbons (Fsp3) is 0.143. The van der Waals surface area contributed by atoms with Gasteiger partial charge in [-0.05, 0) is 29.1 Å². The summed E-state index contributed by atoms with van der Waals surface area (Å²) in [4.78, 5) is 42.5. The second-order valence-corrected chi connectivity index (χ2v) is 7.42. The van der Waals surface area contributed by atoms with Gasteiger partial charge >= 0.3 is 11.7 Å². The normalized spacial score (nSPS) is 10.9. The van der Waals surface area contributed by atoms with Gasteiger partial charge in [0.05, 0.1) is 12.1 Å². The van der Waals surface area contributed by atoms with Gasteiger partial charge < -0.3 is 9.30 Å². The second-order valence-electron chi connectivity index (χ2n) is 6.38. The summed E-state index contributed by atoms with van der Waals surface area (Å²) in [6, 6.07) is 16.3. The van der Waals surface area contributed by atoms with Crippen molar-refractivity contribution in [3.8, 4) is 11.4 Å². The molecule has 0 spiro atoms. The molecule has 0 fully saturated rings. The Balaban J connectivity index is 1.58. The van der Waals surface area contributed by atoms with Crippen LogP contribution in [-0.4, -0.2) is 20.1 Å². The number of benzene rings is 1. The van der Waals surface area contributed by atoms with Crippen molar-refractivity contribution in [1.29, 1.82) is 0 Å². The van der Waals surface area contributed by atoms with Crippen LogP contribution in [0.2, 0.25) is 0 Å². The number of nitrogens with zero attached hydrogens (tertiary/aromatic N) is 3. The van der Waals surface area contributed by atoms with E-state index in [1.54, 1.807) is 18.3 Å². The van der Waals surface area contributed by atoms with Gasteiger partial charge in [0.15, 0.2) is 5.82 Å². The van der Waals surface area contributed by atoms with Gasteiger partial charge in [-0.2, -0.15) is 4.98 Å². The van der Waals surface area contributed by atoms with Crippen LogP contribution in [0.1, 0.15) is 10.4 Å². The molecule has 0 saturated carbocycles. The fourth-order valence-electron chi connectivity index (χ4n) is 2.97. The summed E-state index contributed by atoms with van der Waals surface area (Å²) >= 11 is 1.46. The van der Waals surface area contributed by atoms with E-state index >= 15 is 0 Å². The van der Waals surface area contributed by atoms with Crippen LogP contribution >= 0.6 is 11.3 Å². The van der Waals surface area contributed by atoms with E-state index in [-0.39, 0.29) is 31.1 Å². The van der Waals surface area contributed by atoms with E-state index in [2.05, 4.69) is 4.98 Å². The summed E-state index contributed by atoms with van der Waals surface area (Å²) in [6.07, 6.45) is 1.60. The van der Waals surface area contributed by atoms with Gasteiger partial charge in [-0.25, -0.2) is 4.79 Å². The Morgan fingerprint density at radius 3 is 2.62 bits per heavy atom. The van der Waals surface area contributed by atoms with Crippen LogP contribution in [0.15, 0.2) is 75.8 Å². The fourth-order valence-corrected chi connectivity index (χ4v) is 3.66. The molecule has 2 aromatic rings. The average Bonchev–Trinajstić information content (AvgIpc) is 3.24. The third-order valence-corrected chi connectivity index (χ3v) is 5.25. The molecule has 146 valence electrons. The molecule has 0 unspecified atom stereocenters. The van der Waals surface area contributed by atoms with Crippen molar-refractivity contribution in [2.75, 3.05) is 0 Å². The molecule has 29 heavy (non-hydrogen) atoms. The molecular formula is C21H17N3O4S. The van der Waals surface area contributed by atoms with Crippen LogP contribution < -0.4 is 11.2 Å². The highest BCUT2D eigenvalue weighted by atomic mass is 32.1. The molecule has 0 aliphatic carbocycles. The number of aromatic nitrogens is 3. The summed E-state index contributed by atoms with van der Waals surface area (Å²) in [5, 5.41) is 1.88. The van der Waals surface area contributed by atoms with Crippen molar-refractivity contribution in [1.82, 2.24) is 14.1 Å². The standard InChI is InChI=1S/C21H17N3O4S/c25-18(28-14-15-6-2-1-3-7-15)13-23-10-4-9-17-19(23)22-21(27)24(20(17)26)12-16-8-5-11-29-16/h1-11H,12-14H2. The van der Waals surface area contributed by atoms with Gasteiger partial charge in [0.25, 0.3) is 5.56 Å². The zero-order valence-corrected chi connectivity index (χ0v) is 16.2. The first-order chi connectivity index (χ1) is 14.1. The Hall–Kier alpha value is -3.52. The van der Waals surface area contributed by atoms with Crippen LogP contribution in [-0.2, 0) is 29.2 Å². The molecule has 1 aromatic heterocycles. The number of ether oxygens (including phenoxy) is 1. The molecular weight excluding hydrogens is 390 g/mol. The van der Waals surface area contributed by atoms with E-state index in [1.807, 2.05) is 47.8 Å². The number of carbonyl (C=O) groups is 1. The SMILES string of the molecule is O=C(Cn1cccc2c(=O)n(Cc3cccs3)c(=O)nc1-2)OCc1ccccc1. The Labute approximate surface area is 169 Å². The molecule has 0 atom stereocenters. The van der Waals surface area contributed by atoms with Crippen molar-refractivity contribution in [3.05, 3.63) is 97.5 Å². The zero-order chi connectivity index (χ0) is 20.2. The molecule has 4 rings (SSSR count). The third kappa shape index (κ3) is 4.17. The summed E-state index contributed by atoms with van der Waals surface area (Å²) in [7, 11) is 0. The van der Waals surface area contributed by atoms with Gasteiger partial charge in [0, 0.05) is 11.1 Å². The van der Waals surface area contributed by atoms with E-state index < -0.39 is 17.2 Å². The van der Waals surface area contributed by atoms with Crippen LogP contribution in [0.3, 0.4) is 0 Å². The minimum Gasteiger partial charge on any atom is -0.459 e. The number of esters is 1. The number of hydrogen-bond donors (Lipinski definition) is 0. The summed E-state index contributed by atoms with van der Waals surface area (Å²) < 4.78 is 7.85. The highest BCUT2D eigenvalue weighted by Crippen LogP contribution is 2.14. The van der Waals surface area contributed by atoms with Crippen molar-refractivity contribution < 1.29 is 9.53 Å². The molecule has 8 heteroatoms. The van der Waals surface area contributed by atoms with Crippen LogP contribution in [0, 0.1) is 0 Å². The number of hydrogen-bond acceptors (Lipinski definition) is 6. The van der Waals surface area contributed by atoms with Crippen molar-refractivity contribution >= 4 is 17.3 Å². The highest BCUT2D eigenvalue weighted by Gasteiger charge is 2.18. The lowest BCUT2D eigenvalue weighted by molar-refractivity contribution is -0.145. The summed E-state index contributed by atoms with van der Waals surface area (Å²) in [5.41, 5.74) is 0.0774. The maximum Gasteiger partial charge on any atom is 0.352 e. The van der Waals surface area contributed by atoms with E-state index in [9.17, 15) is 14.4 Å². The third-order valence-electron chi connectivity index (χ3n) is 4.39. The Bertz CT molecular complexity index is 1210. The number of rotatable bonds is 6. The minimum atomic E-state index is -0.645. The molecule has 2 aliphatic heterocycles. The second kappa shape index (κ2) is 8.24. The molecule has 0 N–H and O–H groups in total. The van der Waals surface area contributed by atoms with Crippen LogP contribution in [0.25, 0.3) is 11.4 Å². The minimum absolute atomic E-state index is 0.148. The lowest BCUT2D eigenvalue weighted by Gasteiger charge is -2.14. The topological polar surface area (TPSA) is 83.2 Å². The van der Waals surface area contributed by atoms with Crippen LogP contribution in [0.4, 0.5) is 0 Å². The van der Waals surface area contributed by atoms with Crippen molar-refractivity contribution in [2.45, 2.75) is 19.7 Å². The maximum absolute atomic E-state index is 12.8. The van der Waals surface area contributed by atoms with E-state index in [1.165, 1.54) is 15.9 Å². The monoisotopic (exact) mass is 407 g/mol. The zero-order valence-electron chi connectivity index (χ0n) is 15.4. The van der Waals surface area contributed by atoms with Gasteiger partial charge in [0.2, 0.25) is 0 Å². The highest BCUT2D eigenvalue weighted by molar-refractivity contribution is 7.09. The number of fused-ring (bicyclic) bond motifs is 1. The average molecular weight is 407 g/mol. The van der Waals surface area contributed by atoms with Crippen molar-refractivity contribution in [3.63, 3.8) is 0 Å². The number of carbonyl (C=O) groups excluding carboxylic acids is 1. The molecule has 0 bridgehead atoms. The van der Waals surface area contributed by atoms with Gasteiger partial charge in [-0.3, -0.25) is 14.2 Å². The molecule has 1 aromatic carbocycles.